The van der Waals surface area contributed by atoms with Crippen molar-refractivity contribution in [3.8, 4) is 5.75 Å². The van der Waals surface area contributed by atoms with Gasteiger partial charge in [-0.1, -0.05) is 48.3 Å². The number of hydrogen-bond donors (Lipinski definition) is 1. The van der Waals surface area contributed by atoms with Crippen molar-refractivity contribution >= 4 is 35.0 Å². The summed E-state index contributed by atoms with van der Waals surface area (Å²) in [5.41, 5.74) is 0.304. The van der Waals surface area contributed by atoms with Gasteiger partial charge in [-0.25, -0.2) is 4.39 Å². The summed E-state index contributed by atoms with van der Waals surface area (Å²) in [5.74, 6) is -0.960. The van der Waals surface area contributed by atoms with E-state index in [9.17, 15) is 14.0 Å². The molecule has 2 amide bonds. The fourth-order valence-electron chi connectivity index (χ4n) is 2.67. The maximum absolute atomic E-state index is 14.2. The first kappa shape index (κ1) is 24.0. The predicted octanol–water partition coefficient (Wildman–Crippen LogP) is 4.84. The molecule has 30 heavy (non-hydrogen) atoms. The first-order valence-corrected chi connectivity index (χ1v) is 10.4. The van der Waals surface area contributed by atoms with Crippen molar-refractivity contribution in [1.82, 2.24) is 10.2 Å². The molecule has 2 atom stereocenters. The van der Waals surface area contributed by atoms with Gasteiger partial charge in [-0.15, -0.1) is 0 Å². The number of amides is 2. The molecule has 0 aliphatic heterocycles. The van der Waals surface area contributed by atoms with Crippen LogP contribution in [0.3, 0.4) is 0 Å². The van der Waals surface area contributed by atoms with E-state index in [1.165, 1.54) is 17.0 Å². The monoisotopic (exact) mass is 454 g/mol. The largest absolute Gasteiger partial charge is 0.482 e. The van der Waals surface area contributed by atoms with Gasteiger partial charge < -0.3 is 15.0 Å². The van der Waals surface area contributed by atoms with Gasteiger partial charge in [-0.2, -0.15) is 0 Å². The molecule has 0 spiro atoms. The molecular formula is C22H25Cl2FN2O3. The number of halogens is 3. The zero-order chi connectivity index (χ0) is 22.3. The van der Waals surface area contributed by atoms with Crippen LogP contribution in [0.25, 0.3) is 0 Å². The van der Waals surface area contributed by atoms with Gasteiger partial charge in [0.15, 0.2) is 6.61 Å². The summed E-state index contributed by atoms with van der Waals surface area (Å²) in [4.78, 5) is 26.9. The normalized spacial score (nSPS) is 12.7. The van der Waals surface area contributed by atoms with E-state index in [1.807, 2.05) is 13.8 Å². The Morgan fingerprint density at radius 2 is 1.87 bits per heavy atom. The van der Waals surface area contributed by atoms with Crippen molar-refractivity contribution < 1.29 is 18.7 Å². The second kappa shape index (κ2) is 11.2. The number of benzene rings is 2. The van der Waals surface area contributed by atoms with Gasteiger partial charge in [0, 0.05) is 23.2 Å². The van der Waals surface area contributed by atoms with E-state index >= 15 is 0 Å². The lowest BCUT2D eigenvalue weighted by Gasteiger charge is -2.29. The molecule has 0 fully saturated rings. The molecule has 0 saturated carbocycles. The highest BCUT2D eigenvalue weighted by Crippen LogP contribution is 2.27. The predicted molar refractivity (Wildman–Crippen MR) is 116 cm³/mol. The Bertz CT molecular complexity index is 894. The fraction of sp³-hybridized carbons (Fsp3) is 0.364. The number of carbonyl (C=O) groups excluding carboxylic acids is 2. The summed E-state index contributed by atoms with van der Waals surface area (Å²) in [5, 5.41) is 3.55. The molecular weight excluding hydrogens is 430 g/mol. The highest BCUT2D eigenvalue weighted by atomic mass is 35.5. The average Bonchev–Trinajstić information content (AvgIpc) is 2.71. The van der Waals surface area contributed by atoms with Crippen molar-refractivity contribution in [2.45, 2.75) is 45.8 Å². The van der Waals surface area contributed by atoms with Gasteiger partial charge in [-0.05, 0) is 44.5 Å². The van der Waals surface area contributed by atoms with Crippen molar-refractivity contribution in [1.29, 1.82) is 0 Å². The Morgan fingerprint density at radius 3 is 2.50 bits per heavy atom. The standard InChI is InChI=1S/C22H25Cl2FN2O3/c1-4-14(2)26-22(29)15(3)27(12-16-7-5-6-8-19(16)25)21(28)13-30-20-10-9-17(23)11-18(20)24/h5-11,14-15H,4,12-13H2,1-3H3,(H,26,29)/t14-,15+/m1/s1. The van der Waals surface area contributed by atoms with Crippen LogP contribution < -0.4 is 10.1 Å². The Balaban J connectivity index is 2.19. The zero-order valence-corrected chi connectivity index (χ0v) is 18.6. The van der Waals surface area contributed by atoms with Crippen LogP contribution in [-0.4, -0.2) is 35.4 Å². The molecule has 5 nitrogen and oxygen atoms in total. The number of rotatable bonds is 9. The maximum atomic E-state index is 14.2. The van der Waals surface area contributed by atoms with Crippen LogP contribution >= 0.6 is 23.2 Å². The molecule has 2 aromatic carbocycles. The summed E-state index contributed by atoms with van der Waals surface area (Å²) in [6, 6.07) is 9.90. The van der Waals surface area contributed by atoms with E-state index in [0.29, 0.717) is 10.6 Å². The van der Waals surface area contributed by atoms with Gasteiger partial charge in [0.1, 0.15) is 17.6 Å². The van der Waals surface area contributed by atoms with Gasteiger partial charge in [-0.3, -0.25) is 9.59 Å². The second-order valence-corrected chi connectivity index (χ2v) is 7.81. The Hall–Kier alpha value is -2.31. The number of nitrogens with zero attached hydrogens (tertiary/aromatic N) is 1. The van der Waals surface area contributed by atoms with E-state index in [2.05, 4.69) is 5.32 Å². The number of hydrogen-bond acceptors (Lipinski definition) is 3. The molecule has 0 aliphatic rings. The highest BCUT2D eigenvalue weighted by molar-refractivity contribution is 6.35. The van der Waals surface area contributed by atoms with Gasteiger partial charge in [0.25, 0.3) is 5.91 Å². The summed E-state index contributed by atoms with van der Waals surface area (Å²) in [6.45, 7) is 4.99. The van der Waals surface area contributed by atoms with Gasteiger partial charge in [0.05, 0.1) is 5.02 Å². The van der Waals surface area contributed by atoms with E-state index in [1.54, 1.807) is 37.3 Å². The Kier molecular flexibility index (Phi) is 8.93. The highest BCUT2D eigenvalue weighted by Gasteiger charge is 2.28. The number of carbonyl (C=O) groups is 2. The molecule has 8 heteroatoms. The SMILES string of the molecule is CC[C@@H](C)NC(=O)[C@H](C)N(Cc1ccccc1F)C(=O)COc1ccc(Cl)cc1Cl. The topological polar surface area (TPSA) is 58.6 Å². The van der Waals surface area contributed by atoms with Crippen LogP contribution in [0.2, 0.25) is 10.0 Å². The van der Waals surface area contributed by atoms with Crippen molar-refractivity contribution in [2.24, 2.45) is 0 Å². The number of nitrogens with one attached hydrogen (secondary N) is 1. The molecule has 162 valence electrons. The minimum Gasteiger partial charge on any atom is -0.482 e. The molecule has 0 radical (unpaired) electrons. The number of ether oxygens (including phenoxy) is 1. The smallest absolute Gasteiger partial charge is 0.261 e. The first-order chi connectivity index (χ1) is 14.2. The van der Waals surface area contributed by atoms with E-state index in [4.69, 9.17) is 27.9 Å². The summed E-state index contributed by atoms with van der Waals surface area (Å²) in [6.07, 6.45) is 0.748. The third-order valence-electron chi connectivity index (χ3n) is 4.71. The van der Waals surface area contributed by atoms with Crippen molar-refractivity contribution in [3.63, 3.8) is 0 Å². The molecule has 2 rings (SSSR count). The summed E-state index contributed by atoms with van der Waals surface area (Å²) >= 11 is 12.0. The molecule has 0 unspecified atom stereocenters. The lowest BCUT2D eigenvalue weighted by molar-refractivity contribution is -0.142. The minimum atomic E-state index is -0.824. The van der Waals surface area contributed by atoms with E-state index in [-0.39, 0.29) is 35.9 Å². The molecule has 0 bridgehead atoms. The second-order valence-electron chi connectivity index (χ2n) is 6.97. The van der Waals surface area contributed by atoms with Crippen LogP contribution in [-0.2, 0) is 16.1 Å². The molecule has 0 aromatic heterocycles. The zero-order valence-electron chi connectivity index (χ0n) is 17.1. The quantitative estimate of drug-likeness (QED) is 0.589. The third kappa shape index (κ3) is 6.61. The van der Waals surface area contributed by atoms with Gasteiger partial charge in [0.2, 0.25) is 5.91 Å². The van der Waals surface area contributed by atoms with Crippen LogP contribution in [0.1, 0.15) is 32.8 Å². The first-order valence-electron chi connectivity index (χ1n) is 9.64. The Labute approximate surface area is 186 Å². The summed E-state index contributed by atoms with van der Waals surface area (Å²) in [7, 11) is 0. The maximum Gasteiger partial charge on any atom is 0.261 e. The van der Waals surface area contributed by atoms with Gasteiger partial charge >= 0.3 is 0 Å². The van der Waals surface area contributed by atoms with Crippen molar-refractivity contribution in [2.75, 3.05) is 6.61 Å². The molecule has 1 N–H and O–H groups in total. The summed E-state index contributed by atoms with van der Waals surface area (Å²) < 4.78 is 19.7. The molecule has 0 aliphatic carbocycles. The van der Waals surface area contributed by atoms with Crippen LogP contribution in [0, 0.1) is 5.82 Å². The average molecular weight is 455 g/mol. The van der Waals surface area contributed by atoms with Crippen LogP contribution in [0.15, 0.2) is 42.5 Å². The molecule has 2 aromatic rings. The fourth-order valence-corrected chi connectivity index (χ4v) is 3.14. The van der Waals surface area contributed by atoms with E-state index < -0.39 is 17.8 Å². The van der Waals surface area contributed by atoms with E-state index in [0.717, 1.165) is 6.42 Å². The molecule has 0 saturated heterocycles. The van der Waals surface area contributed by atoms with Crippen LogP contribution in [0.4, 0.5) is 4.39 Å². The lowest BCUT2D eigenvalue weighted by Crippen LogP contribution is -2.50. The minimum absolute atomic E-state index is 0.0468. The molecule has 0 heterocycles. The Morgan fingerprint density at radius 1 is 1.17 bits per heavy atom. The third-order valence-corrected chi connectivity index (χ3v) is 5.24. The van der Waals surface area contributed by atoms with Crippen LogP contribution in [0.5, 0.6) is 5.75 Å². The lowest BCUT2D eigenvalue weighted by atomic mass is 10.1. The van der Waals surface area contributed by atoms with Crippen molar-refractivity contribution in [3.05, 3.63) is 63.9 Å².